The molecular weight excluding hydrogens is 184 g/mol. The van der Waals surface area contributed by atoms with E-state index >= 15 is 0 Å². The second-order valence-corrected chi connectivity index (χ2v) is 2.39. The van der Waals surface area contributed by atoms with Crippen molar-refractivity contribution < 1.29 is 35.1 Å². The summed E-state index contributed by atoms with van der Waals surface area (Å²) in [5.74, 6) is -5.68. The molecule has 0 rings (SSSR count). The first-order valence-electron chi connectivity index (χ1n) is 3.34. The molecule has 7 heteroatoms. The number of carbonyl (C=O) groups is 2. The summed E-state index contributed by atoms with van der Waals surface area (Å²) in [6.07, 6.45) is -3.81. The van der Waals surface area contributed by atoms with Gasteiger partial charge in [0.25, 0.3) is 0 Å². The van der Waals surface area contributed by atoms with E-state index in [-0.39, 0.29) is 0 Å². The molecule has 0 saturated carbocycles. The third-order valence-electron chi connectivity index (χ3n) is 1.45. The lowest BCUT2D eigenvalue weighted by Crippen LogP contribution is -2.43. The van der Waals surface area contributed by atoms with Gasteiger partial charge in [-0.15, -0.1) is 0 Å². The van der Waals surface area contributed by atoms with Gasteiger partial charge in [0.2, 0.25) is 0 Å². The molecule has 0 aliphatic rings. The molecule has 0 amide bonds. The Hall–Kier alpha value is -1.18. The van der Waals surface area contributed by atoms with E-state index in [2.05, 4.69) is 0 Å². The maximum atomic E-state index is 10.3. The summed E-state index contributed by atoms with van der Waals surface area (Å²) in [6.45, 7) is -0.905. The van der Waals surface area contributed by atoms with Crippen LogP contribution in [0.2, 0.25) is 0 Å². The Morgan fingerprint density at radius 2 is 1.46 bits per heavy atom. The first kappa shape index (κ1) is 11.8. The number of aliphatic carboxylic acids is 2. The average molecular weight is 194 g/mol. The molecule has 0 aromatic carbocycles. The molecule has 2 unspecified atom stereocenters. The van der Waals surface area contributed by atoms with Gasteiger partial charge in [-0.25, -0.2) is 0 Å². The zero-order chi connectivity index (χ0) is 10.6. The molecule has 2 atom stereocenters. The van der Waals surface area contributed by atoms with E-state index in [0.717, 1.165) is 0 Å². The molecule has 0 saturated heterocycles. The molecule has 0 aliphatic heterocycles. The zero-order valence-electron chi connectivity index (χ0n) is 6.49. The minimum Gasteiger partial charge on any atom is -0.481 e. The summed E-state index contributed by atoms with van der Waals surface area (Å²) in [5, 5.41) is 42.7. The average Bonchev–Trinajstić information content (AvgIpc) is 2.01. The topological polar surface area (TPSA) is 135 Å². The van der Waals surface area contributed by atoms with Crippen LogP contribution in [0.25, 0.3) is 0 Å². The van der Waals surface area contributed by atoms with Gasteiger partial charge in [-0.2, -0.15) is 0 Å². The number of hydrogen-bond acceptors (Lipinski definition) is 5. The largest absolute Gasteiger partial charge is 0.481 e. The zero-order valence-corrected chi connectivity index (χ0v) is 6.49. The Kier molecular flexibility index (Phi) is 4.32. The highest BCUT2D eigenvalue weighted by Gasteiger charge is 2.37. The highest BCUT2D eigenvalue weighted by molar-refractivity contribution is 5.93. The van der Waals surface area contributed by atoms with Crippen LogP contribution >= 0.6 is 0 Å². The first-order chi connectivity index (χ1) is 5.91. The van der Waals surface area contributed by atoms with E-state index < -0.39 is 36.7 Å². The summed E-state index contributed by atoms with van der Waals surface area (Å²) in [6, 6.07) is 0. The van der Waals surface area contributed by atoms with E-state index in [9.17, 15) is 9.59 Å². The Morgan fingerprint density at radius 3 is 1.69 bits per heavy atom. The van der Waals surface area contributed by atoms with Gasteiger partial charge in [-0.1, -0.05) is 0 Å². The smallest absolute Gasteiger partial charge is 0.320 e. The van der Waals surface area contributed by atoms with E-state index in [1.165, 1.54) is 0 Å². The van der Waals surface area contributed by atoms with Gasteiger partial charge in [0.15, 0.2) is 5.92 Å². The van der Waals surface area contributed by atoms with Crippen molar-refractivity contribution in [3.05, 3.63) is 0 Å². The van der Waals surface area contributed by atoms with Crippen LogP contribution in [0.1, 0.15) is 0 Å². The maximum absolute atomic E-state index is 10.3. The van der Waals surface area contributed by atoms with Crippen molar-refractivity contribution in [2.24, 2.45) is 5.92 Å². The number of carboxylic acids is 2. The van der Waals surface area contributed by atoms with Gasteiger partial charge in [-0.3, -0.25) is 9.59 Å². The standard InChI is InChI=1S/C6H10O7/c7-1-2(8)4(9)3(5(10)11)6(12)13/h2-4,7-9H,1H2,(H,10,11)(H,12,13). The van der Waals surface area contributed by atoms with Gasteiger partial charge in [-0.05, 0) is 0 Å². The molecule has 0 spiro atoms. The molecule has 0 fully saturated rings. The van der Waals surface area contributed by atoms with Crippen LogP contribution in [0.15, 0.2) is 0 Å². The predicted octanol–water partition coefficient (Wildman–Crippen LogP) is -2.51. The Labute approximate surface area is 72.9 Å². The van der Waals surface area contributed by atoms with Crippen LogP contribution in [0, 0.1) is 5.92 Å². The molecule has 0 heterocycles. The van der Waals surface area contributed by atoms with Crippen molar-refractivity contribution in [3.63, 3.8) is 0 Å². The summed E-state index contributed by atoms with van der Waals surface area (Å²) in [7, 11) is 0. The molecule has 76 valence electrons. The highest BCUT2D eigenvalue weighted by atomic mass is 16.4. The third-order valence-corrected chi connectivity index (χ3v) is 1.45. The van der Waals surface area contributed by atoms with Crippen LogP contribution in [-0.2, 0) is 9.59 Å². The summed E-state index contributed by atoms with van der Waals surface area (Å²) in [5.41, 5.74) is 0. The van der Waals surface area contributed by atoms with E-state index in [1.807, 2.05) is 0 Å². The summed E-state index contributed by atoms with van der Waals surface area (Å²) in [4.78, 5) is 20.5. The Balaban J connectivity index is 4.55. The molecule has 0 radical (unpaired) electrons. The molecule has 7 nitrogen and oxygen atoms in total. The lowest BCUT2D eigenvalue weighted by Gasteiger charge is -2.18. The van der Waals surface area contributed by atoms with Crippen molar-refractivity contribution in [1.29, 1.82) is 0 Å². The number of rotatable bonds is 5. The molecule has 13 heavy (non-hydrogen) atoms. The lowest BCUT2D eigenvalue weighted by molar-refractivity contribution is -0.164. The van der Waals surface area contributed by atoms with Gasteiger partial charge in [0.1, 0.15) is 12.2 Å². The molecule has 0 aromatic rings. The van der Waals surface area contributed by atoms with Gasteiger partial charge in [0.05, 0.1) is 6.61 Å². The molecule has 0 aliphatic carbocycles. The number of carboxylic acid groups (broad SMARTS) is 2. The Bertz CT molecular complexity index is 187. The summed E-state index contributed by atoms with van der Waals surface area (Å²) >= 11 is 0. The highest BCUT2D eigenvalue weighted by Crippen LogP contribution is 2.08. The SMILES string of the molecule is O=C(O)C(C(=O)O)C(O)C(O)CO. The fourth-order valence-corrected chi connectivity index (χ4v) is 0.728. The molecule has 0 aromatic heterocycles. The van der Waals surface area contributed by atoms with Crippen LogP contribution in [0.5, 0.6) is 0 Å². The van der Waals surface area contributed by atoms with Crippen LogP contribution in [0.3, 0.4) is 0 Å². The minimum absolute atomic E-state index is 0.905. The fraction of sp³-hybridized carbons (Fsp3) is 0.667. The van der Waals surface area contributed by atoms with Crippen LogP contribution < -0.4 is 0 Å². The molecule has 0 bridgehead atoms. The molecule has 5 N–H and O–H groups in total. The van der Waals surface area contributed by atoms with Crippen molar-refractivity contribution >= 4 is 11.9 Å². The van der Waals surface area contributed by atoms with Crippen molar-refractivity contribution in [2.75, 3.05) is 6.61 Å². The Morgan fingerprint density at radius 1 is 1.08 bits per heavy atom. The summed E-state index contributed by atoms with van der Waals surface area (Å²) < 4.78 is 0. The van der Waals surface area contributed by atoms with E-state index in [0.29, 0.717) is 0 Å². The van der Waals surface area contributed by atoms with Crippen molar-refractivity contribution in [2.45, 2.75) is 12.2 Å². The van der Waals surface area contributed by atoms with Crippen LogP contribution in [-0.4, -0.2) is 56.3 Å². The van der Waals surface area contributed by atoms with Gasteiger partial charge in [0, 0.05) is 0 Å². The van der Waals surface area contributed by atoms with E-state index in [1.54, 1.807) is 0 Å². The van der Waals surface area contributed by atoms with E-state index in [4.69, 9.17) is 25.5 Å². The minimum atomic E-state index is -2.14. The fourth-order valence-electron chi connectivity index (χ4n) is 0.728. The van der Waals surface area contributed by atoms with Crippen molar-refractivity contribution in [1.82, 2.24) is 0 Å². The maximum Gasteiger partial charge on any atom is 0.320 e. The van der Waals surface area contributed by atoms with Crippen molar-refractivity contribution in [3.8, 4) is 0 Å². The second kappa shape index (κ2) is 4.75. The van der Waals surface area contributed by atoms with Gasteiger partial charge < -0.3 is 25.5 Å². The number of hydrogen-bond donors (Lipinski definition) is 5. The van der Waals surface area contributed by atoms with Gasteiger partial charge >= 0.3 is 11.9 Å². The monoisotopic (exact) mass is 194 g/mol. The first-order valence-corrected chi connectivity index (χ1v) is 3.34. The lowest BCUT2D eigenvalue weighted by atomic mass is 9.98. The molecular formula is C6H10O7. The second-order valence-electron chi connectivity index (χ2n) is 2.39. The predicted molar refractivity (Wildman–Crippen MR) is 37.9 cm³/mol. The number of aliphatic hydroxyl groups excluding tert-OH is 3. The number of aliphatic hydroxyl groups is 3. The third kappa shape index (κ3) is 2.98. The normalized spacial score (nSPS) is 15.4. The quantitative estimate of drug-likeness (QED) is 0.305. The van der Waals surface area contributed by atoms with Crippen LogP contribution in [0.4, 0.5) is 0 Å².